The molecule has 7 heteroatoms. The second-order valence-corrected chi connectivity index (χ2v) is 3.86. The molecule has 1 heterocycles. The molecule has 4 N–H and O–H groups in total. The van der Waals surface area contributed by atoms with Gasteiger partial charge in [0.1, 0.15) is 5.66 Å². The maximum Gasteiger partial charge on any atom is 0.220 e. The predicted octanol–water partition coefficient (Wildman–Crippen LogP) is 1.95. The molecule has 0 spiro atoms. The molecule has 1 aliphatic heterocycles. The van der Waals surface area contributed by atoms with Crippen molar-refractivity contribution in [3.63, 3.8) is 0 Å². The Kier molecular flexibility index (Phi) is 2.20. The van der Waals surface area contributed by atoms with Crippen LogP contribution in [0.1, 0.15) is 21.9 Å². The van der Waals surface area contributed by atoms with Gasteiger partial charge < -0.3 is 11.5 Å². The van der Waals surface area contributed by atoms with Crippen LogP contribution < -0.4 is 16.4 Å². The van der Waals surface area contributed by atoms with E-state index in [1.807, 2.05) is 0 Å². The van der Waals surface area contributed by atoms with Gasteiger partial charge in [-0.3, -0.25) is 4.90 Å². The fraction of sp³-hybridized carbons (Fsp3) is 0.273. The van der Waals surface area contributed by atoms with Crippen LogP contribution in [0.2, 0.25) is 5.02 Å². The van der Waals surface area contributed by atoms with E-state index in [0.717, 1.165) is 4.90 Å². The van der Waals surface area contributed by atoms with E-state index in [1.54, 1.807) is 0 Å². The third kappa shape index (κ3) is 2.68. The summed E-state index contributed by atoms with van der Waals surface area (Å²) in [5, 5.41) is 0.387. The van der Waals surface area contributed by atoms with E-state index in [-0.39, 0.29) is 24.1 Å². The molecule has 18 heavy (non-hydrogen) atoms. The zero-order valence-electron chi connectivity index (χ0n) is 15.1. The number of hydrogen-bond acceptors (Lipinski definition) is 5. The van der Waals surface area contributed by atoms with Crippen molar-refractivity contribution in [1.29, 1.82) is 0 Å². The largest absolute Gasteiger partial charge is 0.369 e. The van der Waals surface area contributed by atoms with Crippen LogP contribution in [0, 0.1) is 0 Å². The molecule has 0 atom stereocenters. The molecule has 1 aromatic carbocycles. The second kappa shape index (κ2) is 5.04. The van der Waals surface area contributed by atoms with Crippen molar-refractivity contribution >= 4 is 41.6 Å². The Bertz CT molecular complexity index is 653. The number of anilines is 1. The Balaban J connectivity index is 0.00000288. The number of nitrogens with zero attached hydrogens (tertiary/aromatic N) is 3. The van der Waals surface area contributed by atoms with E-state index in [2.05, 4.69) is 9.98 Å². The lowest BCUT2D eigenvalue weighted by molar-refractivity contribution is 0.534. The summed E-state index contributed by atoms with van der Waals surface area (Å²) in [4.78, 5) is 8.23. The number of hydrogen-bond donors (Lipinski definition) is 2. The van der Waals surface area contributed by atoms with Crippen LogP contribution >= 0.6 is 24.0 Å². The summed E-state index contributed by atoms with van der Waals surface area (Å²) in [6, 6.07) is 5.78. The van der Waals surface area contributed by atoms with Gasteiger partial charge in [-0.25, -0.2) is 4.99 Å². The molecule has 0 aromatic heterocycles. The minimum absolute atomic E-state index is 0. The summed E-state index contributed by atoms with van der Waals surface area (Å²) in [6.07, 6.45) is 0. The van der Waals surface area contributed by atoms with Gasteiger partial charge in [-0.15, -0.1) is 12.4 Å². The Hall–Kier alpha value is -1.46. The minimum atomic E-state index is -3.07. The summed E-state index contributed by atoms with van der Waals surface area (Å²) in [6.45, 7) is -6.13. The summed E-state index contributed by atoms with van der Waals surface area (Å²) < 4.78 is 46.6. The molecular weight excluding hydrogens is 273 g/mol. The molecule has 0 aliphatic carbocycles. The third-order valence-electron chi connectivity index (χ3n) is 2.14. The number of guanidine groups is 2. The summed E-state index contributed by atoms with van der Waals surface area (Å²) in [5.74, 6) is -0.896. The topological polar surface area (TPSA) is 80.0 Å². The van der Waals surface area contributed by atoms with E-state index in [0.29, 0.717) is 5.02 Å². The molecule has 0 saturated carbocycles. The van der Waals surface area contributed by atoms with Crippen LogP contribution in [0.15, 0.2) is 34.3 Å². The number of nitrogens with two attached hydrogens (primary N) is 2. The number of halogens is 2. The summed E-state index contributed by atoms with van der Waals surface area (Å²) in [5.41, 5.74) is 8.76. The molecule has 0 bridgehead atoms. The molecule has 0 amide bonds. The second-order valence-electron chi connectivity index (χ2n) is 3.42. The van der Waals surface area contributed by atoms with Crippen molar-refractivity contribution < 1.29 is 8.22 Å². The van der Waals surface area contributed by atoms with Gasteiger partial charge in [0.05, 0.1) is 0 Å². The monoisotopic (exact) mass is 293 g/mol. The Morgan fingerprint density at radius 3 is 2.44 bits per heavy atom. The minimum Gasteiger partial charge on any atom is -0.369 e. The molecule has 0 radical (unpaired) electrons. The van der Waals surface area contributed by atoms with Gasteiger partial charge in [-0.05, 0) is 38.0 Å². The fourth-order valence-corrected chi connectivity index (χ4v) is 1.61. The lowest BCUT2D eigenvalue weighted by atomic mass is 10.1. The molecule has 1 aliphatic rings. The highest BCUT2D eigenvalue weighted by Crippen LogP contribution is 2.28. The smallest absolute Gasteiger partial charge is 0.220 e. The lowest BCUT2D eigenvalue weighted by Gasteiger charge is -2.38. The maximum atomic E-state index is 7.76. The average Bonchev–Trinajstić information content (AvgIpc) is 2.36. The van der Waals surface area contributed by atoms with Gasteiger partial charge in [0.2, 0.25) is 11.9 Å². The number of benzene rings is 1. The Morgan fingerprint density at radius 2 is 1.89 bits per heavy atom. The van der Waals surface area contributed by atoms with Gasteiger partial charge >= 0.3 is 0 Å². The van der Waals surface area contributed by atoms with E-state index >= 15 is 0 Å². The van der Waals surface area contributed by atoms with Crippen molar-refractivity contribution in [3.8, 4) is 0 Å². The predicted molar refractivity (Wildman–Crippen MR) is 78.5 cm³/mol. The first-order valence-electron chi connectivity index (χ1n) is 7.65. The molecule has 0 fully saturated rings. The zero-order chi connectivity index (χ0) is 17.6. The standard InChI is InChI=1S/C11H14ClN5.ClH/c1-11(2)16-9(13)15-10(14)17(11)8-5-3-7(12)4-6-8;/h3-6H,1-2H3,(H4,13,14,15,16);1H/i1D3,2D3;. The Morgan fingerprint density at radius 1 is 1.28 bits per heavy atom. The lowest BCUT2D eigenvalue weighted by Crippen LogP contribution is -2.54. The van der Waals surface area contributed by atoms with Gasteiger partial charge in [0, 0.05) is 18.9 Å². The third-order valence-corrected chi connectivity index (χ3v) is 2.39. The maximum absolute atomic E-state index is 7.76. The highest BCUT2D eigenvalue weighted by Gasteiger charge is 2.32. The average molecular weight is 294 g/mol. The fourth-order valence-electron chi connectivity index (χ4n) is 1.48. The van der Waals surface area contributed by atoms with E-state index in [9.17, 15) is 0 Å². The SMILES string of the molecule is Cl.[2H]C([2H])([2H])C1(C([2H])([2H])[2H])N=C(N)N=C(N)N1c1ccc(Cl)cc1. The van der Waals surface area contributed by atoms with Crippen molar-refractivity contribution in [2.75, 3.05) is 4.90 Å². The molecule has 1 aromatic rings. The van der Waals surface area contributed by atoms with Crippen LogP contribution in [-0.2, 0) is 0 Å². The molecule has 2 rings (SSSR count). The van der Waals surface area contributed by atoms with Gasteiger partial charge in [-0.1, -0.05) is 11.6 Å². The van der Waals surface area contributed by atoms with Crippen LogP contribution in [0.25, 0.3) is 0 Å². The van der Waals surface area contributed by atoms with Crippen LogP contribution in [0.4, 0.5) is 5.69 Å². The quantitative estimate of drug-likeness (QED) is 0.830. The normalized spacial score (nSPS) is 23.9. The first kappa shape index (κ1) is 7.86. The van der Waals surface area contributed by atoms with E-state index in [4.69, 9.17) is 31.3 Å². The van der Waals surface area contributed by atoms with Crippen molar-refractivity contribution in [2.45, 2.75) is 19.4 Å². The number of aliphatic imine (C=N–C) groups is 2. The van der Waals surface area contributed by atoms with Crippen LogP contribution in [-0.4, -0.2) is 17.6 Å². The summed E-state index contributed by atoms with van der Waals surface area (Å²) >= 11 is 5.81. The first-order valence-corrected chi connectivity index (χ1v) is 5.03. The van der Waals surface area contributed by atoms with Crippen molar-refractivity contribution in [3.05, 3.63) is 29.3 Å². The highest BCUT2D eigenvalue weighted by atomic mass is 35.5. The highest BCUT2D eigenvalue weighted by molar-refractivity contribution is 6.30. The van der Waals surface area contributed by atoms with Crippen LogP contribution in [0.5, 0.6) is 0 Å². The molecule has 0 unspecified atom stereocenters. The van der Waals surface area contributed by atoms with Crippen molar-refractivity contribution in [2.24, 2.45) is 21.5 Å². The first-order chi connectivity index (χ1) is 10.4. The van der Waals surface area contributed by atoms with Gasteiger partial charge in [0.25, 0.3) is 0 Å². The summed E-state index contributed by atoms with van der Waals surface area (Å²) in [7, 11) is 0. The van der Waals surface area contributed by atoms with Crippen molar-refractivity contribution in [1.82, 2.24) is 0 Å². The van der Waals surface area contributed by atoms with E-state index in [1.165, 1.54) is 24.3 Å². The van der Waals surface area contributed by atoms with Crippen LogP contribution in [0.3, 0.4) is 0 Å². The molecule has 5 nitrogen and oxygen atoms in total. The Labute approximate surface area is 125 Å². The number of rotatable bonds is 1. The van der Waals surface area contributed by atoms with Gasteiger partial charge in [-0.2, -0.15) is 4.99 Å². The van der Waals surface area contributed by atoms with Gasteiger partial charge in [0.15, 0.2) is 0 Å². The molecule has 0 saturated heterocycles. The molecular formula is C11H15Cl2N5. The van der Waals surface area contributed by atoms with E-state index < -0.39 is 25.3 Å². The zero-order valence-corrected chi connectivity index (χ0v) is 10.7. The molecule has 98 valence electrons.